The molecule has 0 aliphatic carbocycles. The highest BCUT2D eigenvalue weighted by atomic mass is 16.5. The number of amides is 1. The average molecular weight is 290 g/mol. The molecule has 0 bridgehead atoms. The van der Waals surface area contributed by atoms with Crippen LogP contribution in [0.15, 0.2) is 18.2 Å². The van der Waals surface area contributed by atoms with Crippen molar-refractivity contribution in [2.24, 2.45) is 0 Å². The maximum Gasteiger partial charge on any atom is 0.265 e. The Labute approximate surface area is 125 Å². The number of hydrogen-bond donors (Lipinski definition) is 1. The van der Waals surface area contributed by atoms with Crippen LogP contribution >= 0.6 is 0 Å². The normalized spacial score (nSPS) is 19.3. The van der Waals surface area contributed by atoms with Gasteiger partial charge in [0.25, 0.3) is 5.91 Å². The Balaban J connectivity index is 1.73. The fourth-order valence-electron chi connectivity index (χ4n) is 3.02. The van der Waals surface area contributed by atoms with E-state index in [1.54, 1.807) is 4.90 Å². The van der Waals surface area contributed by atoms with E-state index < -0.39 is 0 Å². The van der Waals surface area contributed by atoms with Crippen LogP contribution in [0.4, 0.5) is 5.69 Å². The van der Waals surface area contributed by atoms with Gasteiger partial charge in [0.05, 0.1) is 12.3 Å². The third-order valence-electron chi connectivity index (χ3n) is 4.24. The standard InChI is InChI=1S/C16H22N2O3/c19-11-13-4-5-15-14(10-13)18(16(20)12-21-15)9-8-17-6-2-1-3-7-17/h4-5,10,19H,1-3,6-9,11-12H2. The molecule has 1 aromatic rings. The number of hydrogen-bond acceptors (Lipinski definition) is 4. The summed E-state index contributed by atoms with van der Waals surface area (Å²) < 4.78 is 5.47. The number of fused-ring (bicyclic) bond motifs is 1. The first kappa shape index (κ1) is 14.4. The van der Waals surface area contributed by atoms with Gasteiger partial charge in [0, 0.05) is 13.1 Å². The van der Waals surface area contributed by atoms with E-state index in [-0.39, 0.29) is 19.1 Å². The quantitative estimate of drug-likeness (QED) is 0.910. The van der Waals surface area contributed by atoms with Gasteiger partial charge in [-0.3, -0.25) is 4.79 Å². The second-order valence-corrected chi connectivity index (χ2v) is 5.70. The van der Waals surface area contributed by atoms with Crippen LogP contribution in [-0.2, 0) is 11.4 Å². The highest BCUT2D eigenvalue weighted by Crippen LogP contribution is 2.33. The summed E-state index contributed by atoms with van der Waals surface area (Å²) in [6, 6.07) is 5.52. The lowest BCUT2D eigenvalue weighted by molar-refractivity contribution is -0.121. The molecule has 0 saturated carbocycles. The zero-order valence-corrected chi connectivity index (χ0v) is 12.3. The van der Waals surface area contributed by atoms with Crippen LogP contribution < -0.4 is 9.64 Å². The molecule has 1 fully saturated rings. The molecule has 0 unspecified atom stereocenters. The van der Waals surface area contributed by atoms with Gasteiger partial charge in [-0.05, 0) is 43.6 Å². The molecular formula is C16H22N2O3. The van der Waals surface area contributed by atoms with Crippen molar-refractivity contribution in [3.05, 3.63) is 23.8 Å². The van der Waals surface area contributed by atoms with Crippen molar-refractivity contribution in [1.82, 2.24) is 4.90 Å². The lowest BCUT2D eigenvalue weighted by Crippen LogP contribution is -2.44. The smallest absolute Gasteiger partial charge is 0.265 e. The van der Waals surface area contributed by atoms with Crippen molar-refractivity contribution >= 4 is 11.6 Å². The molecule has 0 radical (unpaired) electrons. The number of anilines is 1. The minimum Gasteiger partial charge on any atom is -0.482 e. The second-order valence-electron chi connectivity index (χ2n) is 5.70. The fourth-order valence-corrected chi connectivity index (χ4v) is 3.02. The average Bonchev–Trinajstić information content (AvgIpc) is 2.54. The summed E-state index contributed by atoms with van der Waals surface area (Å²) in [5, 5.41) is 9.27. The van der Waals surface area contributed by atoms with Crippen LogP contribution in [-0.4, -0.2) is 48.7 Å². The van der Waals surface area contributed by atoms with Gasteiger partial charge in [0.1, 0.15) is 5.75 Å². The number of nitrogens with zero attached hydrogens (tertiary/aromatic N) is 2. The molecule has 1 saturated heterocycles. The minimum absolute atomic E-state index is 0.00500. The summed E-state index contributed by atoms with van der Waals surface area (Å²) in [5.41, 5.74) is 1.59. The zero-order chi connectivity index (χ0) is 14.7. The lowest BCUT2D eigenvalue weighted by atomic mass is 10.1. The van der Waals surface area contributed by atoms with Crippen molar-refractivity contribution in [2.45, 2.75) is 25.9 Å². The molecule has 1 aromatic carbocycles. The molecule has 114 valence electrons. The van der Waals surface area contributed by atoms with Crippen LogP contribution in [0.3, 0.4) is 0 Å². The Morgan fingerprint density at radius 2 is 1.95 bits per heavy atom. The largest absolute Gasteiger partial charge is 0.482 e. The Kier molecular flexibility index (Phi) is 4.41. The van der Waals surface area contributed by atoms with E-state index in [9.17, 15) is 9.90 Å². The number of carbonyl (C=O) groups excluding carboxylic acids is 1. The number of benzene rings is 1. The predicted octanol–water partition coefficient (Wildman–Crippen LogP) is 1.39. The molecule has 5 heteroatoms. The molecule has 21 heavy (non-hydrogen) atoms. The van der Waals surface area contributed by atoms with E-state index in [1.165, 1.54) is 19.3 Å². The molecule has 0 atom stereocenters. The first-order valence-corrected chi connectivity index (χ1v) is 7.67. The van der Waals surface area contributed by atoms with Gasteiger partial charge in [-0.1, -0.05) is 12.5 Å². The number of carbonyl (C=O) groups is 1. The molecule has 2 heterocycles. The van der Waals surface area contributed by atoms with Crippen LogP contribution in [0.25, 0.3) is 0 Å². The van der Waals surface area contributed by atoms with E-state index in [1.807, 2.05) is 18.2 Å². The van der Waals surface area contributed by atoms with Crippen LogP contribution in [0.5, 0.6) is 5.75 Å². The number of aliphatic hydroxyl groups is 1. The minimum atomic E-state index is -0.0264. The molecule has 2 aliphatic rings. The number of aliphatic hydroxyl groups excluding tert-OH is 1. The number of likely N-dealkylation sites (tertiary alicyclic amines) is 1. The topological polar surface area (TPSA) is 53.0 Å². The van der Waals surface area contributed by atoms with E-state index in [4.69, 9.17) is 4.74 Å². The maximum absolute atomic E-state index is 12.1. The third kappa shape index (κ3) is 3.19. The molecule has 1 N–H and O–H groups in total. The van der Waals surface area contributed by atoms with Crippen molar-refractivity contribution in [2.75, 3.05) is 37.7 Å². The summed E-state index contributed by atoms with van der Waals surface area (Å²) in [4.78, 5) is 16.4. The summed E-state index contributed by atoms with van der Waals surface area (Å²) in [5.74, 6) is 0.722. The van der Waals surface area contributed by atoms with Gasteiger partial charge in [-0.25, -0.2) is 0 Å². The van der Waals surface area contributed by atoms with Gasteiger partial charge in [0.2, 0.25) is 0 Å². The first-order chi connectivity index (χ1) is 10.3. The molecule has 1 amide bonds. The van der Waals surface area contributed by atoms with E-state index in [0.717, 1.165) is 36.6 Å². The van der Waals surface area contributed by atoms with Crippen molar-refractivity contribution < 1.29 is 14.6 Å². The monoisotopic (exact) mass is 290 g/mol. The number of rotatable bonds is 4. The van der Waals surface area contributed by atoms with Crippen LogP contribution in [0, 0.1) is 0 Å². The van der Waals surface area contributed by atoms with Gasteiger partial charge in [-0.15, -0.1) is 0 Å². The highest BCUT2D eigenvalue weighted by Gasteiger charge is 2.26. The molecular weight excluding hydrogens is 268 g/mol. The van der Waals surface area contributed by atoms with E-state index in [0.29, 0.717) is 6.54 Å². The number of piperidine rings is 1. The summed E-state index contributed by atoms with van der Waals surface area (Å²) in [6.07, 6.45) is 3.82. The molecule has 3 rings (SSSR count). The van der Waals surface area contributed by atoms with Gasteiger partial charge in [-0.2, -0.15) is 0 Å². The Morgan fingerprint density at radius 1 is 1.14 bits per heavy atom. The van der Waals surface area contributed by atoms with Crippen molar-refractivity contribution in [1.29, 1.82) is 0 Å². The van der Waals surface area contributed by atoms with Gasteiger partial charge in [0.15, 0.2) is 6.61 Å². The highest BCUT2D eigenvalue weighted by molar-refractivity contribution is 5.97. The van der Waals surface area contributed by atoms with Crippen LogP contribution in [0.1, 0.15) is 24.8 Å². The Morgan fingerprint density at radius 3 is 2.71 bits per heavy atom. The summed E-state index contributed by atoms with van der Waals surface area (Å²) in [7, 11) is 0. The molecule has 0 aromatic heterocycles. The van der Waals surface area contributed by atoms with Crippen LogP contribution in [0.2, 0.25) is 0 Å². The fraction of sp³-hybridized carbons (Fsp3) is 0.562. The number of ether oxygens (including phenoxy) is 1. The van der Waals surface area contributed by atoms with E-state index in [2.05, 4.69) is 4.90 Å². The molecule has 2 aliphatic heterocycles. The second kappa shape index (κ2) is 6.45. The zero-order valence-electron chi connectivity index (χ0n) is 12.3. The van der Waals surface area contributed by atoms with Gasteiger partial charge < -0.3 is 19.6 Å². The lowest BCUT2D eigenvalue weighted by Gasteiger charge is -2.33. The van der Waals surface area contributed by atoms with Gasteiger partial charge >= 0.3 is 0 Å². The Bertz CT molecular complexity index is 512. The first-order valence-electron chi connectivity index (χ1n) is 7.67. The van der Waals surface area contributed by atoms with Crippen molar-refractivity contribution in [3.63, 3.8) is 0 Å². The summed E-state index contributed by atoms with van der Waals surface area (Å²) in [6.45, 7) is 3.91. The maximum atomic E-state index is 12.1. The molecule has 0 spiro atoms. The van der Waals surface area contributed by atoms with Crippen molar-refractivity contribution in [3.8, 4) is 5.75 Å². The SMILES string of the molecule is O=C1COc2ccc(CO)cc2N1CCN1CCCCC1. The predicted molar refractivity (Wildman–Crippen MR) is 80.5 cm³/mol. The summed E-state index contributed by atoms with van der Waals surface area (Å²) >= 11 is 0. The Hall–Kier alpha value is -1.59. The molecule has 5 nitrogen and oxygen atoms in total. The third-order valence-corrected chi connectivity index (χ3v) is 4.24. The van der Waals surface area contributed by atoms with E-state index >= 15 is 0 Å².